The zero-order valence-corrected chi connectivity index (χ0v) is 15.4. The first-order valence-electron chi connectivity index (χ1n) is 8.47. The van der Waals surface area contributed by atoms with Crippen molar-refractivity contribution in [1.82, 2.24) is 19.6 Å². The molecule has 0 aliphatic rings. The summed E-state index contributed by atoms with van der Waals surface area (Å²) in [6, 6.07) is 3.72. The van der Waals surface area contributed by atoms with Gasteiger partial charge < -0.3 is 10.4 Å². The second kappa shape index (κ2) is 7.01. The topological polar surface area (TPSA) is 75.3 Å². The standard InChI is InChI=1S/C18H19F4N5O/c1-10-6-15(27-16(25-10)23-9-24-27)26-14(8-17(2,3)28)11-4-5-12(13(19)7-11)18(20,21)22/h4-7,9,14,26,28H,8H2,1-3H3/t14-/m0/s1. The summed E-state index contributed by atoms with van der Waals surface area (Å²) in [4.78, 5) is 8.23. The molecule has 0 unspecified atom stereocenters. The summed E-state index contributed by atoms with van der Waals surface area (Å²) in [5.74, 6) is -0.568. The van der Waals surface area contributed by atoms with Gasteiger partial charge in [-0.1, -0.05) is 6.07 Å². The minimum absolute atomic E-state index is 0.107. The number of aryl methyl sites for hydroxylation is 1. The molecule has 0 saturated carbocycles. The summed E-state index contributed by atoms with van der Waals surface area (Å²) in [7, 11) is 0. The van der Waals surface area contributed by atoms with Gasteiger partial charge in [-0.2, -0.15) is 27.8 Å². The average molecular weight is 397 g/mol. The third-order valence-corrected chi connectivity index (χ3v) is 4.11. The van der Waals surface area contributed by atoms with E-state index in [9.17, 15) is 22.7 Å². The molecule has 6 nitrogen and oxygen atoms in total. The van der Waals surface area contributed by atoms with Crippen LogP contribution in [0, 0.1) is 12.7 Å². The highest BCUT2D eigenvalue weighted by Gasteiger charge is 2.34. The van der Waals surface area contributed by atoms with E-state index in [1.54, 1.807) is 26.8 Å². The van der Waals surface area contributed by atoms with Gasteiger partial charge in [-0.3, -0.25) is 0 Å². The Balaban J connectivity index is 2.02. The van der Waals surface area contributed by atoms with Gasteiger partial charge in [-0.25, -0.2) is 9.37 Å². The molecule has 0 radical (unpaired) electrons. The molecule has 0 amide bonds. The number of alkyl halides is 3. The summed E-state index contributed by atoms with van der Waals surface area (Å²) in [6.45, 7) is 4.87. The van der Waals surface area contributed by atoms with Crippen LogP contribution in [0.1, 0.15) is 43.1 Å². The van der Waals surface area contributed by atoms with Gasteiger partial charge in [-0.05, 0) is 44.9 Å². The van der Waals surface area contributed by atoms with E-state index in [-0.39, 0.29) is 12.0 Å². The lowest BCUT2D eigenvalue weighted by Gasteiger charge is -2.27. The molecule has 150 valence electrons. The van der Waals surface area contributed by atoms with Crippen molar-refractivity contribution in [2.75, 3.05) is 5.32 Å². The van der Waals surface area contributed by atoms with Crippen LogP contribution in [0.25, 0.3) is 5.78 Å². The fourth-order valence-electron chi connectivity index (χ4n) is 2.94. The van der Waals surface area contributed by atoms with Crippen molar-refractivity contribution in [3.8, 4) is 0 Å². The third-order valence-electron chi connectivity index (χ3n) is 4.11. The molecule has 3 rings (SSSR count). The first kappa shape index (κ1) is 20.0. The maximum atomic E-state index is 14.1. The second-order valence-corrected chi connectivity index (χ2v) is 7.21. The smallest absolute Gasteiger partial charge is 0.390 e. The number of halogens is 4. The van der Waals surface area contributed by atoms with Crippen molar-refractivity contribution in [3.63, 3.8) is 0 Å². The zero-order chi connectivity index (χ0) is 20.7. The van der Waals surface area contributed by atoms with Crippen LogP contribution in [0.4, 0.5) is 23.4 Å². The molecule has 0 spiro atoms. The highest BCUT2D eigenvalue weighted by molar-refractivity contribution is 5.47. The molecule has 2 heterocycles. The molecule has 2 N–H and O–H groups in total. The fraction of sp³-hybridized carbons (Fsp3) is 0.389. The van der Waals surface area contributed by atoms with E-state index in [0.717, 1.165) is 6.07 Å². The van der Waals surface area contributed by atoms with Crippen molar-refractivity contribution in [1.29, 1.82) is 0 Å². The molecular formula is C18H19F4N5O. The molecule has 10 heteroatoms. The Labute approximate surface area is 158 Å². The second-order valence-electron chi connectivity index (χ2n) is 7.21. The van der Waals surface area contributed by atoms with E-state index in [1.165, 1.54) is 16.9 Å². The molecule has 0 aliphatic heterocycles. The van der Waals surface area contributed by atoms with Crippen LogP contribution in [-0.4, -0.2) is 30.3 Å². The number of aromatic nitrogens is 4. The number of fused-ring (bicyclic) bond motifs is 1. The lowest BCUT2D eigenvalue weighted by Crippen LogP contribution is -2.27. The molecule has 1 atom stereocenters. The number of hydrogen-bond donors (Lipinski definition) is 2. The highest BCUT2D eigenvalue weighted by Crippen LogP contribution is 2.34. The quantitative estimate of drug-likeness (QED) is 0.639. The molecule has 0 saturated heterocycles. The summed E-state index contributed by atoms with van der Waals surface area (Å²) in [5, 5.41) is 17.4. The van der Waals surface area contributed by atoms with Crippen molar-refractivity contribution >= 4 is 11.6 Å². The van der Waals surface area contributed by atoms with Crippen LogP contribution < -0.4 is 5.32 Å². The summed E-state index contributed by atoms with van der Waals surface area (Å²) >= 11 is 0. The van der Waals surface area contributed by atoms with Crippen molar-refractivity contribution in [3.05, 3.63) is 53.2 Å². The molecule has 0 aliphatic carbocycles. The Morgan fingerprint density at radius 3 is 2.54 bits per heavy atom. The normalized spacial score (nSPS) is 13.7. The lowest BCUT2D eigenvalue weighted by molar-refractivity contribution is -0.140. The molecular weight excluding hydrogens is 378 g/mol. The molecule has 28 heavy (non-hydrogen) atoms. The van der Waals surface area contributed by atoms with Gasteiger partial charge in [0.25, 0.3) is 5.78 Å². The first-order valence-corrected chi connectivity index (χ1v) is 8.47. The number of nitrogens with zero attached hydrogens (tertiary/aromatic N) is 4. The van der Waals surface area contributed by atoms with Gasteiger partial charge in [0, 0.05) is 11.8 Å². The summed E-state index contributed by atoms with van der Waals surface area (Å²) < 4.78 is 54.1. The zero-order valence-electron chi connectivity index (χ0n) is 15.4. The van der Waals surface area contributed by atoms with E-state index >= 15 is 0 Å². The number of nitrogens with one attached hydrogen (secondary N) is 1. The Morgan fingerprint density at radius 1 is 1.21 bits per heavy atom. The van der Waals surface area contributed by atoms with Gasteiger partial charge in [0.1, 0.15) is 18.0 Å². The van der Waals surface area contributed by atoms with Crippen LogP contribution in [0.5, 0.6) is 0 Å². The number of aliphatic hydroxyl groups is 1. The van der Waals surface area contributed by atoms with E-state index in [1.807, 2.05) is 0 Å². The van der Waals surface area contributed by atoms with Crippen molar-refractivity contribution in [2.24, 2.45) is 0 Å². The first-order chi connectivity index (χ1) is 12.9. The monoisotopic (exact) mass is 397 g/mol. The fourth-order valence-corrected chi connectivity index (χ4v) is 2.94. The highest BCUT2D eigenvalue weighted by atomic mass is 19.4. The molecule has 0 fully saturated rings. The van der Waals surface area contributed by atoms with E-state index < -0.39 is 29.2 Å². The molecule has 3 aromatic rings. The van der Waals surface area contributed by atoms with Gasteiger partial charge in [0.15, 0.2) is 0 Å². The Kier molecular flexibility index (Phi) is 5.00. The summed E-state index contributed by atoms with van der Waals surface area (Å²) in [6.07, 6.45) is -3.36. The molecule has 2 aromatic heterocycles. The van der Waals surface area contributed by atoms with Crippen molar-refractivity contribution < 1.29 is 22.7 Å². The minimum Gasteiger partial charge on any atom is -0.390 e. The minimum atomic E-state index is -4.78. The number of anilines is 1. The Bertz CT molecular complexity index is 994. The molecule has 0 bridgehead atoms. The van der Waals surface area contributed by atoms with Gasteiger partial charge in [0.05, 0.1) is 17.2 Å². The lowest BCUT2D eigenvalue weighted by atomic mass is 9.93. The van der Waals surface area contributed by atoms with E-state index in [0.29, 0.717) is 23.4 Å². The number of hydrogen-bond acceptors (Lipinski definition) is 5. The summed E-state index contributed by atoms with van der Waals surface area (Å²) in [5.41, 5.74) is -1.60. The van der Waals surface area contributed by atoms with Crippen LogP contribution in [0.2, 0.25) is 0 Å². The number of rotatable bonds is 5. The van der Waals surface area contributed by atoms with E-state index in [4.69, 9.17) is 0 Å². The SMILES string of the molecule is Cc1cc(N[C@@H](CC(C)(C)O)c2ccc(C(F)(F)F)c(F)c2)n2ncnc2n1. The maximum Gasteiger partial charge on any atom is 0.419 e. The Morgan fingerprint density at radius 2 is 1.93 bits per heavy atom. The van der Waals surface area contributed by atoms with E-state index in [2.05, 4.69) is 20.4 Å². The van der Waals surface area contributed by atoms with Gasteiger partial charge in [-0.15, -0.1) is 0 Å². The van der Waals surface area contributed by atoms with Crippen LogP contribution in [0.15, 0.2) is 30.6 Å². The number of benzene rings is 1. The largest absolute Gasteiger partial charge is 0.419 e. The van der Waals surface area contributed by atoms with Gasteiger partial charge in [0.2, 0.25) is 0 Å². The molecule has 1 aromatic carbocycles. The van der Waals surface area contributed by atoms with Gasteiger partial charge >= 0.3 is 6.18 Å². The van der Waals surface area contributed by atoms with Crippen LogP contribution in [0.3, 0.4) is 0 Å². The predicted octanol–water partition coefficient (Wildman–Crippen LogP) is 3.90. The average Bonchev–Trinajstić information content (AvgIpc) is 3.00. The maximum absolute atomic E-state index is 14.1. The Hall–Kier alpha value is -2.75. The van der Waals surface area contributed by atoms with Crippen molar-refractivity contribution in [2.45, 2.75) is 45.0 Å². The third kappa shape index (κ3) is 4.38. The van der Waals surface area contributed by atoms with Crippen LogP contribution >= 0.6 is 0 Å². The predicted molar refractivity (Wildman–Crippen MR) is 94.2 cm³/mol. The van der Waals surface area contributed by atoms with Crippen LogP contribution in [-0.2, 0) is 6.18 Å².